The Morgan fingerprint density at radius 1 is 1.14 bits per heavy atom. The third-order valence-electron chi connectivity index (χ3n) is 6.08. The number of cyclic esters (lactones) is 1. The Morgan fingerprint density at radius 2 is 1.89 bits per heavy atom. The molecule has 1 saturated heterocycles. The lowest BCUT2D eigenvalue weighted by Gasteiger charge is -2.30. The second-order valence-electron chi connectivity index (χ2n) is 8.07. The quantitative estimate of drug-likeness (QED) is 0.529. The number of esters is 1. The van der Waals surface area contributed by atoms with Crippen LogP contribution in [-0.2, 0) is 27.2 Å². The molecule has 2 atom stereocenters. The summed E-state index contributed by atoms with van der Waals surface area (Å²) in [5.74, 6) is 0.182. The predicted octanol–water partition coefficient (Wildman–Crippen LogP) is 4.37. The summed E-state index contributed by atoms with van der Waals surface area (Å²) in [5, 5.41) is 10.1. The van der Waals surface area contributed by atoms with Crippen LogP contribution in [0.15, 0.2) is 12.1 Å². The van der Waals surface area contributed by atoms with Crippen LogP contribution in [0.3, 0.4) is 0 Å². The topological polar surface area (TPSA) is 72.8 Å². The maximum Gasteiger partial charge on any atom is 0.316 e. The minimum absolute atomic E-state index is 0.0127. The first-order chi connectivity index (χ1) is 13.5. The normalized spacial score (nSPS) is 23.1. The minimum Gasteiger partial charge on any atom is -0.508 e. The van der Waals surface area contributed by atoms with Crippen molar-refractivity contribution in [2.45, 2.75) is 77.7 Å². The van der Waals surface area contributed by atoms with Crippen LogP contribution in [0.25, 0.3) is 0 Å². The van der Waals surface area contributed by atoms with Crippen LogP contribution >= 0.6 is 0 Å². The number of Topliss-reactive ketones (excluding diaryl/α,β-unsaturated/α-hetero) is 1. The number of carbonyl (C=O) groups is 2. The Balaban J connectivity index is 1.67. The van der Waals surface area contributed by atoms with Gasteiger partial charge in [-0.1, -0.05) is 26.7 Å². The Bertz CT molecular complexity index is 687. The van der Waals surface area contributed by atoms with Crippen molar-refractivity contribution in [3.8, 4) is 11.5 Å². The van der Waals surface area contributed by atoms with Crippen molar-refractivity contribution in [2.75, 3.05) is 6.61 Å². The number of phenols is 1. The van der Waals surface area contributed by atoms with Crippen molar-refractivity contribution in [3.05, 3.63) is 23.3 Å². The Morgan fingerprint density at radius 3 is 2.54 bits per heavy atom. The van der Waals surface area contributed by atoms with Crippen molar-refractivity contribution >= 4 is 11.8 Å². The molecule has 1 aliphatic carbocycles. The van der Waals surface area contributed by atoms with Gasteiger partial charge in [0.25, 0.3) is 0 Å². The molecule has 0 bridgehead atoms. The van der Waals surface area contributed by atoms with Crippen LogP contribution in [0, 0.1) is 11.8 Å². The van der Waals surface area contributed by atoms with Gasteiger partial charge in [0.05, 0.1) is 6.61 Å². The fourth-order valence-electron chi connectivity index (χ4n) is 4.41. The van der Waals surface area contributed by atoms with Gasteiger partial charge in [-0.3, -0.25) is 9.59 Å². The number of carbonyl (C=O) groups excluding carboxylic acids is 2. The number of aryl methyl sites for hydroxylation is 2. The first kappa shape index (κ1) is 20.7. The molecule has 1 aromatic carbocycles. The molecule has 1 saturated carbocycles. The smallest absolute Gasteiger partial charge is 0.316 e. The molecular formula is C23H32O5. The third-order valence-corrected chi connectivity index (χ3v) is 6.08. The van der Waals surface area contributed by atoms with Crippen LogP contribution < -0.4 is 4.74 Å². The summed E-state index contributed by atoms with van der Waals surface area (Å²) in [6.07, 6.45) is 7.12. The average molecular weight is 389 g/mol. The number of hydrogen-bond donors (Lipinski definition) is 1. The highest BCUT2D eigenvalue weighted by atomic mass is 16.5. The fourth-order valence-corrected chi connectivity index (χ4v) is 4.41. The first-order valence-electron chi connectivity index (χ1n) is 10.7. The Kier molecular flexibility index (Phi) is 6.97. The largest absolute Gasteiger partial charge is 0.508 e. The zero-order valence-electron chi connectivity index (χ0n) is 17.0. The lowest BCUT2D eigenvalue weighted by atomic mass is 9.86. The van der Waals surface area contributed by atoms with Gasteiger partial charge in [-0.05, 0) is 61.6 Å². The van der Waals surface area contributed by atoms with Gasteiger partial charge in [0.2, 0.25) is 0 Å². The van der Waals surface area contributed by atoms with E-state index in [0.717, 1.165) is 43.2 Å². The van der Waals surface area contributed by atoms with Gasteiger partial charge in [0, 0.05) is 12.5 Å². The summed E-state index contributed by atoms with van der Waals surface area (Å²) >= 11 is 0. The summed E-state index contributed by atoms with van der Waals surface area (Å²) in [6, 6.07) is 3.58. The van der Waals surface area contributed by atoms with Gasteiger partial charge in [-0.25, -0.2) is 0 Å². The maximum atomic E-state index is 12.7. The Labute approximate surface area is 167 Å². The molecule has 0 radical (unpaired) electrons. The molecule has 2 fully saturated rings. The monoisotopic (exact) mass is 388 g/mol. The van der Waals surface area contributed by atoms with E-state index in [4.69, 9.17) is 9.47 Å². The standard InChI is InChI=1S/C23H32O5/c1-3-11-27-21-13-19(24)15(4-2)12-17(21)9-10-18-20(25)14-22(28-23(18)26)16-7-5-6-8-16/h12-13,16,18,22,24H,3-11,14H2,1-2H3. The van der Waals surface area contributed by atoms with Crippen molar-refractivity contribution in [2.24, 2.45) is 11.8 Å². The number of ketones is 1. The average Bonchev–Trinajstić information content (AvgIpc) is 3.21. The third kappa shape index (κ3) is 4.68. The van der Waals surface area contributed by atoms with E-state index in [1.54, 1.807) is 6.07 Å². The van der Waals surface area contributed by atoms with Crippen molar-refractivity contribution in [1.82, 2.24) is 0 Å². The van der Waals surface area contributed by atoms with E-state index in [2.05, 4.69) is 0 Å². The van der Waals surface area contributed by atoms with E-state index in [-0.39, 0.29) is 23.6 Å². The number of phenolic OH excluding ortho intramolecular Hbond substituents is 1. The zero-order chi connectivity index (χ0) is 20.1. The molecule has 0 spiro atoms. The van der Waals surface area contributed by atoms with E-state index in [1.807, 2.05) is 19.9 Å². The molecule has 1 N–H and O–H groups in total. The summed E-state index contributed by atoms with van der Waals surface area (Å²) in [5.41, 5.74) is 1.78. The molecule has 1 aliphatic heterocycles. The van der Waals surface area contributed by atoms with Gasteiger partial charge >= 0.3 is 5.97 Å². The first-order valence-corrected chi connectivity index (χ1v) is 10.7. The SMILES string of the molecule is CCCOc1cc(O)c(CC)cc1CCC1C(=O)CC(C2CCCC2)OC1=O. The maximum absolute atomic E-state index is 12.7. The number of rotatable bonds is 8. The summed E-state index contributed by atoms with van der Waals surface area (Å²) in [7, 11) is 0. The van der Waals surface area contributed by atoms with Gasteiger partial charge in [-0.2, -0.15) is 0 Å². The number of hydrogen-bond acceptors (Lipinski definition) is 5. The van der Waals surface area contributed by atoms with Crippen molar-refractivity contribution in [3.63, 3.8) is 0 Å². The van der Waals surface area contributed by atoms with E-state index >= 15 is 0 Å². The molecule has 0 amide bonds. The molecule has 1 aromatic rings. The molecular weight excluding hydrogens is 356 g/mol. The van der Waals surface area contributed by atoms with Gasteiger partial charge in [-0.15, -0.1) is 0 Å². The lowest BCUT2D eigenvalue weighted by Crippen LogP contribution is -2.41. The summed E-state index contributed by atoms with van der Waals surface area (Å²) in [4.78, 5) is 25.2. The molecule has 5 heteroatoms. The molecule has 3 rings (SSSR count). The molecule has 0 aromatic heterocycles. The second-order valence-corrected chi connectivity index (χ2v) is 8.07. The van der Waals surface area contributed by atoms with E-state index in [0.29, 0.717) is 44.0 Å². The molecule has 154 valence electrons. The summed E-state index contributed by atoms with van der Waals surface area (Å²) in [6.45, 7) is 4.57. The minimum atomic E-state index is -0.685. The van der Waals surface area contributed by atoms with E-state index in [1.165, 1.54) is 0 Å². The molecule has 5 nitrogen and oxygen atoms in total. The summed E-state index contributed by atoms with van der Waals surface area (Å²) < 4.78 is 11.5. The van der Waals surface area contributed by atoms with Gasteiger partial charge in [0.1, 0.15) is 23.5 Å². The lowest BCUT2D eigenvalue weighted by molar-refractivity contribution is -0.168. The van der Waals surface area contributed by atoms with Crippen molar-refractivity contribution < 1.29 is 24.2 Å². The number of benzene rings is 1. The highest BCUT2D eigenvalue weighted by molar-refractivity contribution is 6.01. The van der Waals surface area contributed by atoms with Crippen LogP contribution in [0.4, 0.5) is 0 Å². The second kappa shape index (κ2) is 9.44. The highest BCUT2D eigenvalue weighted by Crippen LogP contribution is 2.36. The molecule has 1 heterocycles. The molecule has 28 heavy (non-hydrogen) atoms. The van der Waals surface area contributed by atoms with Crippen LogP contribution in [0.5, 0.6) is 11.5 Å². The van der Waals surface area contributed by atoms with E-state index < -0.39 is 5.92 Å². The van der Waals surface area contributed by atoms with Crippen LogP contribution in [0.2, 0.25) is 0 Å². The zero-order valence-corrected chi connectivity index (χ0v) is 17.0. The number of aromatic hydroxyl groups is 1. The van der Waals surface area contributed by atoms with Crippen LogP contribution in [-0.4, -0.2) is 29.6 Å². The van der Waals surface area contributed by atoms with Gasteiger partial charge < -0.3 is 14.6 Å². The van der Waals surface area contributed by atoms with Crippen LogP contribution in [0.1, 0.15) is 69.9 Å². The highest BCUT2D eigenvalue weighted by Gasteiger charge is 2.40. The fraction of sp³-hybridized carbons (Fsp3) is 0.652. The Hall–Kier alpha value is -2.04. The molecule has 2 unspecified atom stereocenters. The predicted molar refractivity (Wildman–Crippen MR) is 107 cm³/mol. The van der Waals surface area contributed by atoms with Crippen molar-refractivity contribution in [1.29, 1.82) is 0 Å². The molecule has 2 aliphatic rings. The van der Waals surface area contributed by atoms with E-state index in [9.17, 15) is 14.7 Å². The number of ether oxygens (including phenoxy) is 2. The van der Waals surface area contributed by atoms with Gasteiger partial charge in [0.15, 0.2) is 5.78 Å².